The Morgan fingerprint density at radius 1 is 1.11 bits per heavy atom. The summed E-state index contributed by atoms with van der Waals surface area (Å²) in [5, 5.41) is 1.09. The number of para-hydroxylation sites is 1. The standard InChI is InChI=1S/C25H29BrClN5O3/c1-15(2)16-8-6-7-9-19(16)32-22-17(14-18(27)20(26)28-22)21(29-23(32)33)30-10-12-31(13-11-30)24(34)35-25(3,4)5/h6-9,14-15H,10-13H2,1-5H3. The number of carbonyl (C=O) groups excluding carboxylic acids is 1. The molecule has 1 amide bonds. The molecule has 0 atom stereocenters. The molecular weight excluding hydrogens is 534 g/mol. The van der Waals surface area contributed by atoms with E-state index in [9.17, 15) is 9.59 Å². The van der Waals surface area contributed by atoms with E-state index in [-0.39, 0.29) is 12.0 Å². The number of ether oxygens (including phenoxy) is 1. The van der Waals surface area contributed by atoms with Crippen molar-refractivity contribution in [3.63, 3.8) is 0 Å². The van der Waals surface area contributed by atoms with E-state index < -0.39 is 11.3 Å². The second kappa shape index (κ2) is 9.78. The van der Waals surface area contributed by atoms with Gasteiger partial charge in [0, 0.05) is 26.2 Å². The monoisotopic (exact) mass is 561 g/mol. The van der Waals surface area contributed by atoms with Gasteiger partial charge in [0.15, 0.2) is 5.65 Å². The molecule has 0 aliphatic carbocycles. The lowest BCUT2D eigenvalue weighted by Crippen LogP contribution is -2.50. The zero-order valence-corrected chi connectivity index (χ0v) is 22.9. The highest BCUT2D eigenvalue weighted by molar-refractivity contribution is 9.10. The van der Waals surface area contributed by atoms with Crippen LogP contribution in [0.5, 0.6) is 0 Å². The summed E-state index contributed by atoms with van der Waals surface area (Å²) in [6.07, 6.45) is -0.343. The number of amides is 1. The van der Waals surface area contributed by atoms with Crippen molar-refractivity contribution in [2.24, 2.45) is 0 Å². The number of pyridine rings is 1. The zero-order valence-electron chi connectivity index (χ0n) is 20.5. The van der Waals surface area contributed by atoms with Gasteiger partial charge in [0.2, 0.25) is 0 Å². The summed E-state index contributed by atoms with van der Waals surface area (Å²) >= 11 is 9.84. The third kappa shape index (κ3) is 5.30. The van der Waals surface area contributed by atoms with E-state index >= 15 is 0 Å². The van der Waals surface area contributed by atoms with Crippen LogP contribution in [0.4, 0.5) is 10.6 Å². The minimum atomic E-state index is -0.557. The average Bonchev–Trinajstić information content (AvgIpc) is 2.79. The number of halogens is 2. The van der Waals surface area contributed by atoms with E-state index in [0.29, 0.717) is 52.7 Å². The van der Waals surface area contributed by atoms with Gasteiger partial charge in [-0.2, -0.15) is 4.98 Å². The number of hydrogen-bond donors (Lipinski definition) is 0. The van der Waals surface area contributed by atoms with Crippen LogP contribution in [0.15, 0.2) is 39.7 Å². The van der Waals surface area contributed by atoms with E-state index in [0.717, 1.165) is 11.3 Å². The summed E-state index contributed by atoms with van der Waals surface area (Å²) in [5.74, 6) is 0.707. The van der Waals surface area contributed by atoms with Crippen molar-refractivity contribution in [2.45, 2.75) is 46.1 Å². The van der Waals surface area contributed by atoms with Gasteiger partial charge in [0.25, 0.3) is 0 Å². The summed E-state index contributed by atoms with van der Waals surface area (Å²) < 4.78 is 7.50. The first-order valence-electron chi connectivity index (χ1n) is 11.6. The van der Waals surface area contributed by atoms with E-state index in [1.165, 1.54) is 0 Å². The second-order valence-electron chi connectivity index (χ2n) is 9.85. The van der Waals surface area contributed by atoms with Crippen molar-refractivity contribution in [1.29, 1.82) is 0 Å². The van der Waals surface area contributed by atoms with Crippen LogP contribution in [-0.2, 0) is 4.74 Å². The topological polar surface area (TPSA) is 80.6 Å². The lowest BCUT2D eigenvalue weighted by molar-refractivity contribution is 0.0240. The highest BCUT2D eigenvalue weighted by Gasteiger charge is 2.28. The molecule has 0 unspecified atom stereocenters. The quantitative estimate of drug-likeness (QED) is 0.399. The Labute approximate surface area is 218 Å². The fourth-order valence-electron chi connectivity index (χ4n) is 4.15. The van der Waals surface area contributed by atoms with Crippen LogP contribution in [0, 0.1) is 0 Å². The van der Waals surface area contributed by atoms with Crippen molar-refractivity contribution < 1.29 is 9.53 Å². The molecule has 0 saturated carbocycles. The first-order valence-corrected chi connectivity index (χ1v) is 12.7. The number of benzene rings is 1. The fraction of sp³-hybridized carbons (Fsp3) is 0.440. The largest absolute Gasteiger partial charge is 0.444 e. The molecule has 3 heterocycles. The third-order valence-electron chi connectivity index (χ3n) is 5.79. The van der Waals surface area contributed by atoms with Gasteiger partial charge in [-0.25, -0.2) is 19.1 Å². The number of rotatable bonds is 3. The van der Waals surface area contributed by atoms with E-state index in [4.69, 9.17) is 16.3 Å². The summed E-state index contributed by atoms with van der Waals surface area (Å²) in [7, 11) is 0. The Morgan fingerprint density at radius 2 is 1.77 bits per heavy atom. The molecule has 0 bridgehead atoms. The van der Waals surface area contributed by atoms with Crippen molar-refractivity contribution in [1.82, 2.24) is 19.4 Å². The molecule has 2 aromatic heterocycles. The third-order valence-corrected chi connectivity index (χ3v) is 6.91. The smallest absolute Gasteiger partial charge is 0.410 e. The molecule has 35 heavy (non-hydrogen) atoms. The Hall–Kier alpha value is -2.65. The summed E-state index contributed by atoms with van der Waals surface area (Å²) in [4.78, 5) is 38.7. The SMILES string of the molecule is CC(C)c1ccccc1-n1c(=O)nc(N2CCN(C(=O)OC(C)(C)C)CC2)c2cc(Cl)c(Br)nc21. The highest BCUT2D eigenvalue weighted by atomic mass is 79.9. The Balaban J connectivity index is 1.77. The minimum Gasteiger partial charge on any atom is -0.444 e. The number of carbonyl (C=O) groups is 1. The Bertz CT molecular complexity index is 1330. The summed E-state index contributed by atoms with van der Waals surface area (Å²) in [5.41, 5.74) is 1.26. The van der Waals surface area contributed by atoms with Crippen LogP contribution < -0.4 is 10.6 Å². The minimum absolute atomic E-state index is 0.199. The van der Waals surface area contributed by atoms with E-state index in [2.05, 4.69) is 39.7 Å². The predicted octanol–water partition coefficient (Wildman–Crippen LogP) is 5.38. The average molecular weight is 563 g/mol. The maximum atomic E-state index is 13.4. The second-order valence-corrected chi connectivity index (χ2v) is 11.0. The Morgan fingerprint density at radius 3 is 2.40 bits per heavy atom. The van der Waals surface area contributed by atoms with Gasteiger partial charge in [-0.3, -0.25) is 0 Å². The van der Waals surface area contributed by atoms with Crippen molar-refractivity contribution in [3.05, 3.63) is 56.0 Å². The van der Waals surface area contributed by atoms with Gasteiger partial charge in [0.1, 0.15) is 16.0 Å². The number of nitrogens with zero attached hydrogens (tertiary/aromatic N) is 5. The number of aromatic nitrogens is 3. The number of piperazine rings is 1. The van der Waals surface area contributed by atoms with Gasteiger partial charge < -0.3 is 14.5 Å². The van der Waals surface area contributed by atoms with Gasteiger partial charge >= 0.3 is 11.8 Å². The molecule has 186 valence electrons. The molecule has 8 nitrogen and oxygen atoms in total. The summed E-state index contributed by atoms with van der Waals surface area (Å²) in [6, 6.07) is 9.55. The molecule has 1 fully saturated rings. The number of hydrogen-bond acceptors (Lipinski definition) is 6. The number of fused-ring (bicyclic) bond motifs is 1. The van der Waals surface area contributed by atoms with Crippen molar-refractivity contribution >= 4 is 50.5 Å². The van der Waals surface area contributed by atoms with Crippen molar-refractivity contribution in [2.75, 3.05) is 31.1 Å². The molecule has 0 radical (unpaired) electrons. The van der Waals surface area contributed by atoms with Gasteiger partial charge in [-0.1, -0.05) is 43.6 Å². The van der Waals surface area contributed by atoms with Crippen LogP contribution in [0.2, 0.25) is 5.02 Å². The van der Waals surface area contributed by atoms with Crippen LogP contribution in [0.3, 0.4) is 0 Å². The van der Waals surface area contributed by atoms with E-state index in [1.54, 1.807) is 15.5 Å². The maximum absolute atomic E-state index is 13.4. The lowest BCUT2D eigenvalue weighted by Gasteiger charge is -2.36. The van der Waals surface area contributed by atoms with Gasteiger partial charge in [-0.05, 0) is 60.3 Å². The molecule has 1 aliphatic rings. The predicted molar refractivity (Wildman–Crippen MR) is 142 cm³/mol. The molecule has 4 rings (SSSR count). The molecule has 1 aromatic carbocycles. The molecule has 1 aliphatic heterocycles. The van der Waals surface area contributed by atoms with Crippen LogP contribution in [0.25, 0.3) is 16.7 Å². The zero-order chi connectivity index (χ0) is 25.5. The maximum Gasteiger partial charge on any atom is 0.410 e. The van der Waals surface area contributed by atoms with Crippen LogP contribution >= 0.6 is 27.5 Å². The first-order chi connectivity index (χ1) is 16.5. The van der Waals surface area contributed by atoms with Crippen molar-refractivity contribution in [3.8, 4) is 5.69 Å². The van der Waals surface area contributed by atoms with E-state index in [1.807, 2.05) is 49.9 Å². The number of anilines is 1. The van der Waals surface area contributed by atoms with Crippen LogP contribution in [0.1, 0.15) is 46.1 Å². The fourth-order valence-corrected chi connectivity index (χ4v) is 4.58. The normalized spacial score (nSPS) is 14.6. The molecule has 3 aromatic rings. The van der Waals surface area contributed by atoms with Crippen LogP contribution in [-0.4, -0.2) is 57.3 Å². The highest BCUT2D eigenvalue weighted by Crippen LogP contribution is 2.32. The first kappa shape index (κ1) is 25.4. The lowest BCUT2D eigenvalue weighted by atomic mass is 10.0. The van der Waals surface area contributed by atoms with Gasteiger partial charge in [0.05, 0.1) is 16.1 Å². The molecule has 0 N–H and O–H groups in total. The molecule has 1 saturated heterocycles. The molecule has 10 heteroatoms. The Kier molecular flexibility index (Phi) is 7.11. The molecule has 0 spiro atoms. The molecular formula is C25H29BrClN5O3. The summed E-state index contributed by atoms with van der Waals surface area (Å²) in [6.45, 7) is 11.6. The van der Waals surface area contributed by atoms with Gasteiger partial charge in [-0.15, -0.1) is 0 Å².